The van der Waals surface area contributed by atoms with Crippen molar-refractivity contribution in [2.75, 3.05) is 6.61 Å². The zero-order chi connectivity index (χ0) is 7.87. The van der Waals surface area contributed by atoms with Gasteiger partial charge in [0.2, 0.25) is 0 Å². The fourth-order valence-electron chi connectivity index (χ4n) is 2.86. The van der Waals surface area contributed by atoms with Crippen molar-refractivity contribution in [3.05, 3.63) is 0 Å². The third kappa shape index (κ3) is 0.448. The Morgan fingerprint density at radius 1 is 1.08 bits per heavy atom. The summed E-state index contributed by atoms with van der Waals surface area (Å²) in [6.45, 7) is 0.539. The predicted molar refractivity (Wildman–Crippen MR) is 35.3 cm³/mol. The maximum atomic E-state index is 11.3. The molecule has 64 valence electrons. The molecular weight excluding hydrogens is 160 g/mol. The number of carbonyl (C=O) groups is 1. The molecule has 4 saturated heterocycles. The van der Waals surface area contributed by atoms with E-state index in [0.717, 1.165) is 0 Å². The van der Waals surface area contributed by atoms with Gasteiger partial charge in [0.1, 0.15) is 18.3 Å². The van der Waals surface area contributed by atoms with Crippen LogP contribution in [-0.4, -0.2) is 37.0 Å². The zero-order valence-corrected chi connectivity index (χ0v) is 6.30. The molecule has 4 rings (SSSR count). The van der Waals surface area contributed by atoms with Gasteiger partial charge >= 0.3 is 5.97 Å². The van der Waals surface area contributed by atoms with E-state index in [9.17, 15) is 4.79 Å². The summed E-state index contributed by atoms with van der Waals surface area (Å²) in [6.07, 6.45) is 0.657. The van der Waals surface area contributed by atoms with Crippen LogP contribution in [-0.2, 0) is 19.0 Å². The molecule has 4 aliphatic rings. The first-order valence-corrected chi connectivity index (χ1v) is 4.34. The van der Waals surface area contributed by atoms with Gasteiger partial charge in [-0.2, -0.15) is 0 Å². The third-order valence-electron chi connectivity index (χ3n) is 3.45. The van der Waals surface area contributed by atoms with Gasteiger partial charge in [-0.1, -0.05) is 0 Å². The van der Waals surface area contributed by atoms with Crippen molar-refractivity contribution in [3.8, 4) is 0 Å². The summed E-state index contributed by atoms with van der Waals surface area (Å²) < 4.78 is 16.0. The Morgan fingerprint density at radius 2 is 1.83 bits per heavy atom. The first kappa shape index (κ1) is 5.94. The standard InChI is InChI=1S/C8H8O4/c9-8-3-2(1-10-8)4-6-7(12-6)5(3)11-4/h2-7H,1H2/t2-,3+,4+,5+,6-,7-/m0/s1. The van der Waals surface area contributed by atoms with Crippen LogP contribution in [0.2, 0.25) is 0 Å². The summed E-state index contributed by atoms with van der Waals surface area (Å²) >= 11 is 0. The maximum absolute atomic E-state index is 11.3. The van der Waals surface area contributed by atoms with Gasteiger partial charge in [-0.3, -0.25) is 4.79 Å². The number of hydrogen-bond acceptors (Lipinski definition) is 4. The monoisotopic (exact) mass is 168 g/mol. The lowest BCUT2D eigenvalue weighted by Gasteiger charge is -2.11. The quantitative estimate of drug-likeness (QED) is 0.355. The third-order valence-corrected chi connectivity index (χ3v) is 3.45. The van der Waals surface area contributed by atoms with Crippen molar-refractivity contribution in [1.82, 2.24) is 0 Å². The summed E-state index contributed by atoms with van der Waals surface area (Å²) in [5.41, 5.74) is 0. The lowest BCUT2D eigenvalue weighted by Crippen LogP contribution is -2.33. The van der Waals surface area contributed by atoms with Crippen LogP contribution in [0.4, 0.5) is 0 Å². The second kappa shape index (κ2) is 1.54. The number of epoxide rings is 1. The number of ether oxygens (including phenoxy) is 3. The number of cyclic esters (lactones) is 1. The van der Waals surface area contributed by atoms with Crippen molar-refractivity contribution >= 4 is 5.97 Å². The largest absolute Gasteiger partial charge is 0.465 e. The molecule has 4 nitrogen and oxygen atoms in total. The molecule has 0 saturated carbocycles. The molecule has 4 heteroatoms. The van der Waals surface area contributed by atoms with Crippen LogP contribution in [0.15, 0.2) is 0 Å². The first-order chi connectivity index (χ1) is 5.86. The summed E-state index contributed by atoms with van der Waals surface area (Å²) in [7, 11) is 0. The predicted octanol–water partition coefficient (Wildman–Crippen LogP) is -0.676. The molecule has 0 aromatic carbocycles. The highest BCUT2D eigenvalue weighted by atomic mass is 16.7. The molecule has 0 spiro atoms. The van der Waals surface area contributed by atoms with Crippen LogP contribution in [0.3, 0.4) is 0 Å². The minimum Gasteiger partial charge on any atom is -0.465 e. The van der Waals surface area contributed by atoms with Crippen LogP contribution in [0.25, 0.3) is 0 Å². The van der Waals surface area contributed by atoms with Crippen molar-refractivity contribution in [2.24, 2.45) is 11.8 Å². The average molecular weight is 168 g/mol. The second-order valence-corrected chi connectivity index (χ2v) is 3.95. The van der Waals surface area contributed by atoms with Gasteiger partial charge in [-0.05, 0) is 0 Å². The number of hydrogen-bond donors (Lipinski definition) is 0. The summed E-state index contributed by atoms with van der Waals surface area (Å²) in [5.74, 6) is 0.187. The van der Waals surface area contributed by atoms with Crippen molar-refractivity contribution < 1.29 is 19.0 Å². The minimum atomic E-state index is -0.0820. The van der Waals surface area contributed by atoms with E-state index in [2.05, 4.69) is 0 Å². The lowest BCUT2D eigenvalue weighted by atomic mass is 9.81. The second-order valence-electron chi connectivity index (χ2n) is 3.95. The Labute approximate surface area is 68.8 Å². The molecule has 0 radical (unpaired) electrons. The Kier molecular flexibility index (Phi) is 0.762. The van der Waals surface area contributed by atoms with Gasteiger partial charge < -0.3 is 14.2 Å². The van der Waals surface area contributed by atoms with Crippen molar-refractivity contribution in [3.63, 3.8) is 0 Å². The Morgan fingerprint density at radius 3 is 2.75 bits per heavy atom. The molecule has 6 atom stereocenters. The van der Waals surface area contributed by atoms with E-state index in [-0.39, 0.29) is 42.2 Å². The van der Waals surface area contributed by atoms with E-state index in [1.165, 1.54) is 0 Å². The smallest absolute Gasteiger partial charge is 0.312 e. The van der Waals surface area contributed by atoms with E-state index in [4.69, 9.17) is 14.2 Å². The number of esters is 1. The van der Waals surface area contributed by atoms with E-state index < -0.39 is 0 Å². The van der Waals surface area contributed by atoms with Gasteiger partial charge in [0.05, 0.1) is 18.6 Å². The Bertz CT molecular complexity index is 274. The zero-order valence-electron chi connectivity index (χ0n) is 6.30. The first-order valence-electron chi connectivity index (χ1n) is 4.34. The summed E-state index contributed by atoms with van der Waals surface area (Å²) in [5, 5.41) is 0. The van der Waals surface area contributed by atoms with Crippen LogP contribution < -0.4 is 0 Å². The molecule has 4 fully saturated rings. The van der Waals surface area contributed by atoms with E-state index in [0.29, 0.717) is 6.61 Å². The number of carbonyl (C=O) groups excluding carboxylic acids is 1. The molecule has 0 aromatic heterocycles. The van der Waals surface area contributed by atoms with Crippen molar-refractivity contribution in [2.45, 2.75) is 24.4 Å². The van der Waals surface area contributed by atoms with Gasteiger partial charge in [0, 0.05) is 5.92 Å². The molecular formula is C8H8O4. The topological polar surface area (TPSA) is 48.1 Å². The maximum Gasteiger partial charge on any atom is 0.312 e. The normalized spacial score (nSPS) is 64.5. The van der Waals surface area contributed by atoms with Gasteiger partial charge in [0.25, 0.3) is 0 Å². The number of fused-ring (bicyclic) bond motifs is 8. The highest BCUT2D eigenvalue weighted by Gasteiger charge is 2.72. The molecule has 0 amide bonds. The Balaban J connectivity index is 1.80. The molecule has 4 aliphatic heterocycles. The SMILES string of the molecule is O=C1OC[C@@H]2[C@H]3O[C@@H]([C@@H]4O[C@H]43)[C@H]12. The fraction of sp³-hybridized carbons (Fsp3) is 0.875. The van der Waals surface area contributed by atoms with Gasteiger partial charge in [-0.15, -0.1) is 0 Å². The fourth-order valence-corrected chi connectivity index (χ4v) is 2.86. The molecule has 4 heterocycles. The minimum absolute atomic E-state index is 0.0139. The van der Waals surface area contributed by atoms with Crippen molar-refractivity contribution in [1.29, 1.82) is 0 Å². The van der Waals surface area contributed by atoms with E-state index in [1.54, 1.807) is 0 Å². The number of rotatable bonds is 0. The molecule has 0 N–H and O–H groups in total. The lowest BCUT2D eigenvalue weighted by molar-refractivity contribution is -0.145. The summed E-state index contributed by atoms with van der Waals surface area (Å²) in [6, 6.07) is 0. The van der Waals surface area contributed by atoms with Gasteiger partial charge in [-0.25, -0.2) is 0 Å². The van der Waals surface area contributed by atoms with E-state index >= 15 is 0 Å². The molecule has 0 unspecified atom stereocenters. The van der Waals surface area contributed by atoms with Crippen LogP contribution in [0.5, 0.6) is 0 Å². The highest BCUT2D eigenvalue weighted by molar-refractivity contribution is 5.77. The van der Waals surface area contributed by atoms with E-state index in [1.807, 2.05) is 0 Å². The average Bonchev–Trinajstić information content (AvgIpc) is 2.50. The van der Waals surface area contributed by atoms with Gasteiger partial charge in [0.15, 0.2) is 0 Å². The van der Waals surface area contributed by atoms with Crippen LogP contribution in [0, 0.1) is 11.8 Å². The van der Waals surface area contributed by atoms with Crippen LogP contribution >= 0.6 is 0 Å². The molecule has 0 aliphatic carbocycles. The van der Waals surface area contributed by atoms with Crippen LogP contribution in [0.1, 0.15) is 0 Å². The molecule has 2 bridgehead atoms. The molecule has 0 aromatic rings. The Hall–Kier alpha value is -0.610. The summed E-state index contributed by atoms with van der Waals surface area (Å²) in [4.78, 5) is 11.3. The highest BCUT2D eigenvalue weighted by Crippen LogP contribution is 2.55. The molecule has 12 heavy (non-hydrogen) atoms.